The Morgan fingerprint density at radius 3 is 2.24 bits per heavy atom. The van der Waals surface area contributed by atoms with E-state index in [1.54, 1.807) is 0 Å². The van der Waals surface area contributed by atoms with Gasteiger partial charge in [-0.15, -0.1) is 0 Å². The molecule has 2 aromatic carbocycles. The molecule has 0 aromatic heterocycles. The largest absolute Gasteiger partial charge is 0.416 e. The van der Waals surface area contributed by atoms with Crippen molar-refractivity contribution in [2.45, 2.75) is 13.1 Å². The molecule has 9 heteroatoms. The Kier molecular flexibility index (Phi) is 3.59. The second kappa shape index (κ2) is 5.40. The highest BCUT2D eigenvalue weighted by molar-refractivity contribution is 6.34. The highest BCUT2D eigenvalue weighted by Crippen LogP contribution is 2.36. The van der Waals surface area contributed by atoms with E-state index in [1.807, 2.05) is 0 Å². The number of hydrogen-bond acceptors (Lipinski definition) is 4. The number of alkyl halides is 3. The monoisotopic (exact) mass is 350 g/mol. The SMILES string of the molecule is Cc1ccc([N+](=O)[O-])cc1N1C(=O)c2ccc(C(F)(F)F)cc2C1=O. The van der Waals surface area contributed by atoms with Gasteiger partial charge in [-0.2, -0.15) is 13.2 Å². The predicted molar refractivity (Wildman–Crippen MR) is 80.4 cm³/mol. The Balaban J connectivity index is 2.12. The fourth-order valence-corrected chi connectivity index (χ4v) is 2.59. The lowest BCUT2D eigenvalue weighted by Crippen LogP contribution is -2.30. The van der Waals surface area contributed by atoms with Crippen LogP contribution in [0.3, 0.4) is 0 Å². The Labute approximate surface area is 138 Å². The van der Waals surface area contributed by atoms with E-state index in [-0.39, 0.29) is 22.5 Å². The van der Waals surface area contributed by atoms with E-state index in [0.29, 0.717) is 22.6 Å². The summed E-state index contributed by atoms with van der Waals surface area (Å²) in [5.41, 5.74) is -1.59. The second-order valence-corrected chi connectivity index (χ2v) is 5.43. The van der Waals surface area contributed by atoms with E-state index >= 15 is 0 Å². The first-order valence-electron chi connectivity index (χ1n) is 6.96. The van der Waals surface area contributed by atoms with Crippen LogP contribution in [0.5, 0.6) is 0 Å². The number of halogens is 3. The topological polar surface area (TPSA) is 80.5 Å². The zero-order valence-corrected chi connectivity index (χ0v) is 12.6. The highest BCUT2D eigenvalue weighted by Gasteiger charge is 2.40. The zero-order chi connectivity index (χ0) is 18.5. The fourth-order valence-electron chi connectivity index (χ4n) is 2.59. The molecular formula is C16H9F3N2O4. The van der Waals surface area contributed by atoms with Crippen LogP contribution in [0.15, 0.2) is 36.4 Å². The quantitative estimate of drug-likeness (QED) is 0.470. The average molecular weight is 350 g/mol. The predicted octanol–water partition coefficient (Wildman–Crippen LogP) is 3.72. The molecule has 0 fully saturated rings. The number of nitro groups is 1. The standard InChI is InChI=1S/C16H9F3N2O4/c1-8-2-4-10(21(24)25)7-13(8)20-14(22)11-5-3-9(16(17,18)19)6-12(11)15(20)23/h2-7H,1H3. The van der Waals surface area contributed by atoms with E-state index in [4.69, 9.17) is 0 Å². The van der Waals surface area contributed by atoms with Crippen molar-refractivity contribution in [3.05, 3.63) is 68.8 Å². The maximum Gasteiger partial charge on any atom is 0.416 e. The molecule has 6 nitrogen and oxygen atoms in total. The van der Waals surface area contributed by atoms with Crippen molar-refractivity contribution in [2.24, 2.45) is 0 Å². The Morgan fingerprint density at radius 1 is 1.00 bits per heavy atom. The molecule has 3 rings (SSSR count). The van der Waals surface area contributed by atoms with Gasteiger partial charge in [0.2, 0.25) is 0 Å². The molecule has 0 N–H and O–H groups in total. The molecule has 0 aliphatic carbocycles. The van der Waals surface area contributed by atoms with Crippen LogP contribution < -0.4 is 4.90 Å². The fraction of sp³-hybridized carbons (Fsp3) is 0.125. The molecule has 1 aliphatic heterocycles. The number of amides is 2. The van der Waals surface area contributed by atoms with Gasteiger partial charge < -0.3 is 0 Å². The lowest BCUT2D eigenvalue weighted by atomic mass is 10.1. The smallest absolute Gasteiger partial charge is 0.268 e. The Bertz CT molecular complexity index is 937. The molecule has 0 atom stereocenters. The molecule has 0 spiro atoms. The molecular weight excluding hydrogens is 341 g/mol. The van der Waals surface area contributed by atoms with Gasteiger partial charge >= 0.3 is 6.18 Å². The Hall–Kier alpha value is -3.23. The minimum Gasteiger partial charge on any atom is -0.268 e. The molecule has 25 heavy (non-hydrogen) atoms. The van der Waals surface area contributed by atoms with Gasteiger partial charge in [-0.25, -0.2) is 4.90 Å². The summed E-state index contributed by atoms with van der Waals surface area (Å²) in [6.45, 7) is 1.53. The van der Waals surface area contributed by atoms with Crippen molar-refractivity contribution >= 4 is 23.2 Å². The van der Waals surface area contributed by atoms with Crippen molar-refractivity contribution < 1.29 is 27.7 Å². The van der Waals surface area contributed by atoms with E-state index in [9.17, 15) is 32.9 Å². The number of imide groups is 1. The van der Waals surface area contributed by atoms with E-state index in [1.165, 1.54) is 19.1 Å². The van der Waals surface area contributed by atoms with Crippen LogP contribution in [0.4, 0.5) is 24.5 Å². The summed E-state index contributed by atoms with van der Waals surface area (Å²) in [6, 6.07) is 5.87. The molecule has 128 valence electrons. The van der Waals surface area contributed by atoms with Gasteiger partial charge in [-0.3, -0.25) is 19.7 Å². The van der Waals surface area contributed by atoms with Gasteiger partial charge in [0.1, 0.15) is 0 Å². The number of fused-ring (bicyclic) bond motifs is 1. The number of carbonyl (C=O) groups is 2. The Morgan fingerprint density at radius 2 is 1.64 bits per heavy atom. The third-order valence-corrected chi connectivity index (χ3v) is 3.86. The van der Waals surface area contributed by atoms with Crippen LogP contribution in [0.2, 0.25) is 0 Å². The number of non-ortho nitro benzene ring substituents is 1. The summed E-state index contributed by atoms with van der Waals surface area (Å²) in [7, 11) is 0. The first kappa shape index (κ1) is 16.6. The summed E-state index contributed by atoms with van der Waals surface area (Å²) in [5, 5.41) is 10.9. The van der Waals surface area contributed by atoms with Crippen molar-refractivity contribution in [2.75, 3.05) is 4.90 Å². The summed E-state index contributed by atoms with van der Waals surface area (Å²) in [5.74, 6) is -1.77. The average Bonchev–Trinajstić information content (AvgIpc) is 2.78. The lowest BCUT2D eigenvalue weighted by molar-refractivity contribution is -0.384. The molecule has 0 radical (unpaired) electrons. The van der Waals surface area contributed by atoms with Crippen molar-refractivity contribution in [1.29, 1.82) is 0 Å². The molecule has 1 aliphatic rings. The van der Waals surface area contributed by atoms with E-state index in [0.717, 1.165) is 12.1 Å². The van der Waals surface area contributed by atoms with Crippen LogP contribution >= 0.6 is 0 Å². The summed E-state index contributed by atoms with van der Waals surface area (Å²) in [6.07, 6.45) is -4.66. The molecule has 0 unspecified atom stereocenters. The summed E-state index contributed by atoms with van der Waals surface area (Å²) in [4.78, 5) is 35.8. The minimum atomic E-state index is -4.66. The maximum atomic E-state index is 12.8. The molecule has 0 saturated heterocycles. The van der Waals surface area contributed by atoms with E-state index in [2.05, 4.69) is 0 Å². The minimum absolute atomic E-state index is 0.0334. The van der Waals surface area contributed by atoms with Gasteiger partial charge in [0.25, 0.3) is 17.5 Å². The van der Waals surface area contributed by atoms with Gasteiger partial charge in [-0.05, 0) is 30.7 Å². The normalized spacial score (nSPS) is 14.0. The van der Waals surface area contributed by atoms with Crippen LogP contribution in [0.1, 0.15) is 31.8 Å². The molecule has 1 heterocycles. The first-order chi connectivity index (χ1) is 11.6. The van der Waals surface area contributed by atoms with Crippen LogP contribution in [-0.4, -0.2) is 16.7 Å². The zero-order valence-electron chi connectivity index (χ0n) is 12.6. The van der Waals surface area contributed by atoms with Crippen molar-refractivity contribution in [3.63, 3.8) is 0 Å². The van der Waals surface area contributed by atoms with Crippen LogP contribution in [0, 0.1) is 17.0 Å². The number of hydrogen-bond donors (Lipinski definition) is 0. The summed E-state index contributed by atoms with van der Waals surface area (Å²) < 4.78 is 38.5. The van der Waals surface area contributed by atoms with Gasteiger partial charge in [0.15, 0.2) is 0 Å². The number of nitrogens with zero attached hydrogens (tertiary/aromatic N) is 2. The second-order valence-electron chi connectivity index (χ2n) is 5.43. The van der Waals surface area contributed by atoms with E-state index < -0.39 is 28.5 Å². The lowest BCUT2D eigenvalue weighted by Gasteiger charge is -2.16. The number of anilines is 1. The molecule has 2 amide bonds. The number of aryl methyl sites for hydroxylation is 1. The number of nitro benzene ring substituents is 1. The van der Waals surface area contributed by atoms with Gasteiger partial charge in [0.05, 0.1) is 27.3 Å². The first-order valence-corrected chi connectivity index (χ1v) is 6.96. The van der Waals surface area contributed by atoms with Crippen LogP contribution in [-0.2, 0) is 6.18 Å². The van der Waals surface area contributed by atoms with Gasteiger partial charge in [-0.1, -0.05) is 6.07 Å². The third-order valence-electron chi connectivity index (χ3n) is 3.86. The number of rotatable bonds is 2. The van der Waals surface area contributed by atoms with Crippen molar-refractivity contribution in [1.82, 2.24) is 0 Å². The van der Waals surface area contributed by atoms with Crippen LogP contribution in [0.25, 0.3) is 0 Å². The van der Waals surface area contributed by atoms with Crippen molar-refractivity contribution in [3.8, 4) is 0 Å². The highest BCUT2D eigenvalue weighted by atomic mass is 19.4. The number of carbonyl (C=O) groups excluding carboxylic acids is 2. The summed E-state index contributed by atoms with van der Waals surface area (Å²) >= 11 is 0. The van der Waals surface area contributed by atoms with Gasteiger partial charge in [0, 0.05) is 12.1 Å². The number of benzene rings is 2. The maximum absolute atomic E-state index is 12.8. The molecule has 2 aromatic rings. The molecule has 0 saturated carbocycles. The third kappa shape index (κ3) is 2.63. The molecule has 0 bridgehead atoms.